The first-order valence-corrected chi connectivity index (χ1v) is 7.32. The highest BCUT2D eigenvalue weighted by molar-refractivity contribution is 6.34. The number of fused-ring (bicyclic) bond motifs is 1. The third-order valence-electron chi connectivity index (χ3n) is 4.25. The predicted octanol–water partition coefficient (Wildman–Crippen LogP) is 5.12. The third-order valence-corrected chi connectivity index (χ3v) is 4.53. The molecular formula is C15H14ClF3N2. The van der Waals surface area contributed by atoms with E-state index in [0.717, 1.165) is 16.5 Å². The van der Waals surface area contributed by atoms with Crippen LogP contribution in [0.2, 0.25) is 5.15 Å². The molecule has 1 aromatic heterocycles. The fourth-order valence-electron chi connectivity index (χ4n) is 3.09. The number of rotatable bonds is 1. The molecule has 0 bridgehead atoms. The smallest absolute Gasteiger partial charge is 0.171 e. The molecule has 0 N–H and O–H groups in total. The van der Waals surface area contributed by atoms with E-state index in [-0.39, 0.29) is 18.8 Å². The molecule has 2 aromatic rings. The molecule has 0 aliphatic heterocycles. The summed E-state index contributed by atoms with van der Waals surface area (Å²) in [5.74, 6) is -1.15. The van der Waals surface area contributed by atoms with Crippen LogP contribution in [0.3, 0.4) is 0 Å². The number of hydrogen-bond donors (Lipinski definition) is 0. The van der Waals surface area contributed by atoms with Gasteiger partial charge in [-0.3, -0.25) is 0 Å². The van der Waals surface area contributed by atoms with Crippen LogP contribution in [0.25, 0.3) is 10.8 Å². The van der Waals surface area contributed by atoms with E-state index >= 15 is 0 Å². The fraction of sp³-hybridized carbons (Fsp3) is 0.467. The fourth-order valence-corrected chi connectivity index (χ4v) is 3.29. The van der Waals surface area contributed by atoms with Crippen molar-refractivity contribution >= 4 is 22.4 Å². The van der Waals surface area contributed by atoms with Crippen molar-refractivity contribution in [1.29, 1.82) is 0 Å². The molecule has 0 radical (unpaired) electrons. The van der Waals surface area contributed by atoms with E-state index in [2.05, 4.69) is 10.2 Å². The Balaban J connectivity index is 1.88. The van der Waals surface area contributed by atoms with Gasteiger partial charge in [-0.15, -0.1) is 5.10 Å². The molecule has 21 heavy (non-hydrogen) atoms. The molecule has 1 saturated carbocycles. The molecule has 0 spiro atoms. The second kappa shape index (κ2) is 5.44. The Hall–Kier alpha value is -1.36. The number of benzene rings is 1. The minimum absolute atomic E-state index is 0.0262. The minimum atomic E-state index is -4.08. The first-order chi connectivity index (χ1) is 9.97. The first-order valence-electron chi connectivity index (χ1n) is 6.94. The van der Waals surface area contributed by atoms with Crippen LogP contribution in [0.4, 0.5) is 13.2 Å². The van der Waals surface area contributed by atoms with Gasteiger partial charge in [-0.1, -0.05) is 35.9 Å². The molecule has 1 fully saturated rings. The maximum Gasteiger partial charge on any atom is 0.391 e. The highest BCUT2D eigenvalue weighted by Gasteiger charge is 2.42. The summed E-state index contributed by atoms with van der Waals surface area (Å²) in [5.41, 5.74) is 0.774. The van der Waals surface area contributed by atoms with Crippen LogP contribution in [0.1, 0.15) is 37.3 Å². The lowest BCUT2D eigenvalue weighted by atomic mass is 9.79. The van der Waals surface area contributed by atoms with Crippen molar-refractivity contribution in [2.24, 2.45) is 5.92 Å². The molecule has 1 aromatic carbocycles. The molecule has 0 saturated heterocycles. The monoisotopic (exact) mass is 314 g/mol. The summed E-state index contributed by atoms with van der Waals surface area (Å²) in [5, 5.41) is 10.1. The van der Waals surface area contributed by atoms with Crippen molar-refractivity contribution in [3.63, 3.8) is 0 Å². The Labute approximate surface area is 125 Å². The van der Waals surface area contributed by atoms with Gasteiger partial charge in [0.1, 0.15) is 0 Å². The molecule has 1 heterocycles. The second-order valence-electron chi connectivity index (χ2n) is 5.51. The summed E-state index contributed by atoms with van der Waals surface area (Å²) in [6, 6.07) is 7.50. The van der Waals surface area contributed by atoms with E-state index in [1.165, 1.54) is 0 Å². The van der Waals surface area contributed by atoms with Gasteiger partial charge >= 0.3 is 6.18 Å². The lowest BCUT2D eigenvalue weighted by Gasteiger charge is -2.29. The van der Waals surface area contributed by atoms with E-state index in [4.69, 9.17) is 11.6 Å². The van der Waals surface area contributed by atoms with E-state index in [9.17, 15) is 13.2 Å². The Kier molecular flexibility index (Phi) is 3.78. The lowest BCUT2D eigenvalue weighted by Crippen LogP contribution is -2.27. The van der Waals surface area contributed by atoms with Gasteiger partial charge in [0.25, 0.3) is 0 Å². The average Bonchev–Trinajstić information content (AvgIpc) is 2.47. The van der Waals surface area contributed by atoms with Crippen LogP contribution in [-0.2, 0) is 0 Å². The summed E-state index contributed by atoms with van der Waals surface area (Å²) >= 11 is 6.03. The van der Waals surface area contributed by atoms with Gasteiger partial charge in [0.05, 0.1) is 11.6 Å². The minimum Gasteiger partial charge on any atom is -0.171 e. The zero-order chi connectivity index (χ0) is 15.0. The molecule has 2 nitrogen and oxygen atoms in total. The van der Waals surface area contributed by atoms with Crippen LogP contribution in [0, 0.1) is 5.92 Å². The molecule has 0 atom stereocenters. The van der Waals surface area contributed by atoms with Gasteiger partial charge in [0, 0.05) is 16.7 Å². The maximum atomic E-state index is 12.7. The van der Waals surface area contributed by atoms with Crippen molar-refractivity contribution in [3.8, 4) is 0 Å². The van der Waals surface area contributed by atoms with E-state index in [1.807, 2.05) is 24.3 Å². The van der Waals surface area contributed by atoms with E-state index < -0.39 is 12.1 Å². The van der Waals surface area contributed by atoms with Gasteiger partial charge in [-0.2, -0.15) is 18.3 Å². The molecule has 1 aliphatic carbocycles. The number of hydrogen-bond acceptors (Lipinski definition) is 2. The normalized spacial score (nSPS) is 23.4. The molecule has 3 rings (SSSR count). The topological polar surface area (TPSA) is 25.8 Å². The molecule has 6 heteroatoms. The lowest BCUT2D eigenvalue weighted by molar-refractivity contribution is -0.182. The number of halogens is 4. The first kappa shape index (κ1) is 14.6. The largest absolute Gasteiger partial charge is 0.391 e. The standard InChI is InChI=1S/C15H14ClF3N2/c16-14-12-4-2-1-3-11(12)13(20-21-14)9-5-7-10(8-6-9)15(17,18)19/h1-4,9-10H,5-8H2/t9-,10+. The van der Waals surface area contributed by atoms with Gasteiger partial charge < -0.3 is 0 Å². The molecule has 112 valence electrons. The Morgan fingerprint density at radius 1 is 0.952 bits per heavy atom. The van der Waals surface area contributed by atoms with Crippen molar-refractivity contribution in [2.75, 3.05) is 0 Å². The Morgan fingerprint density at radius 2 is 1.57 bits per heavy atom. The number of nitrogens with zero attached hydrogens (tertiary/aromatic N) is 2. The molecule has 0 unspecified atom stereocenters. The maximum absolute atomic E-state index is 12.7. The number of alkyl halides is 3. The highest BCUT2D eigenvalue weighted by Crippen LogP contribution is 2.43. The quantitative estimate of drug-likeness (QED) is 0.730. The van der Waals surface area contributed by atoms with Gasteiger partial charge in [-0.25, -0.2) is 0 Å². The molecule has 0 amide bonds. The summed E-state index contributed by atoms with van der Waals surface area (Å²) in [6.45, 7) is 0. The van der Waals surface area contributed by atoms with Crippen LogP contribution in [-0.4, -0.2) is 16.4 Å². The van der Waals surface area contributed by atoms with Crippen LogP contribution in [0.5, 0.6) is 0 Å². The Bertz CT molecular complexity index is 649. The molecule has 1 aliphatic rings. The van der Waals surface area contributed by atoms with Crippen molar-refractivity contribution < 1.29 is 13.2 Å². The van der Waals surface area contributed by atoms with Crippen LogP contribution < -0.4 is 0 Å². The zero-order valence-corrected chi connectivity index (χ0v) is 12.0. The van der Waals surface area contributed by atoms with Crippen LogP contribution in [0.15, 0.2) is 24.3 Å². The summed E-state index contributed by atoms with van der Waals surface area (Å²) in [4.78, 5) is 0. The predicted molar refractivity (Wildman–Crippen MR) is 75.3 cm³/mol. The van der Waals surface area contributed by atoms with E-state index in [0.29, 0.717) is 18.0 Å². The summed E-state index contributed by atoms with van der Waals surface area (Å²) in [6.07, 6.45) is -2.78. The third kappa shape index (κ3) is 2.84. The second-order valence-corrected chi connectivity index (χ2v) is 5.87. The van der Waals surface area contributed by atoms with Gasteiger partial charge in [0.2, 0.25) is 0 Å². The van der Waals surface area contributed by atoms with Gasteiger partial charge in [-0.05, 0) is 25.7 Å². The summed E-state index contributed by atoms with van der Waals surface area (Å²) in [7, 11) is 0. The highest BCUT2D eigenvalue weighted by atomic mass is 35.5. The average molecular weight is 315 g/mol. The van der Waals surface area contributed by atoms with Gasteiger partial charge in [0.15, 0.2) is 5.15 Å². The summed E-state index contributed by atoms with van der Waals surface area (Å²) < 4.78 is 38.2. The van der Waals surface area contributed by atoms with E-state index in [1.54, 1.807) is 0 Å². The number of aromatic nitrogens is 2. The molecular weight excluding hydrogens is 301 g/mol. The van der Waals surface area contributed by atoms with Crippen molar-refractivity contribution in [3.05, 3.63) is 35.1 Å². The van der Waals surface area contributed by atoms with Crippen LogP contribution >= 0.6 is 11.6 Å². The zero-order valence-electron chi connectivity index (χ0n) is 11.2. The van der Waals surface area contributed by atoms with Crippen molar-refractivity contribution in [1.82, 2.24) is 10.2 Å². The Morgan fingerprint density at radius 3 is 2.19 bits per heavy atom. The SMILES string of the molecule is FC(F)(F)[C@H]1CC[C@@H](c2nnc(Cl)c3ccccc32)CC1. The van der Waals surface area contributed by atoms with Crippen molar-refractivity contribution in [2.45, 2.75) is 37.8 Å².